The van der Waals surface area contributed by atoms with E-state index in [0.29, 0.717) is 6.54 Å². The van der Waals surface area contributed by atoms with E-state index in [2.05, 4.69) is 19.1 Å². The van der Waals surface area contributed by atoms with Crippen molar-refractivity contribution in [1.82, 2.24) is 0 Å². The second kappa shape index (κ2) is 6.73. The summed E-state index contributed by atoms with van der Waals surface area (Å²) in [6.45, 7) is 2.62. The summed E-state index contributed by atoms with van der Waals surface area (Å²) in [4.78, 5) is 0. The summed E-state index contributed by atoms with van der Waals surface area (Å²) in [6, 6.07) is 15.0. The zero-order chi connectivity index (χ0) is 13.7. The predicted molar refractivity (Wildman–Crippen MR) is 80.7 cm³/mol. The molecule has 0 heterocycles. The highest BCUT2D eigenvalue weighted by Gasteiger charge is 2.11. The maximum Gasteiger partial charge on any atom is 0.123 e. The number of rotatable bonds is 5. The van der Waals surface area contributed by atoms with Gasteiger partial charge in [0.05, 0.1) is 0 Å². The Morgan fingerprint density at radius 1 is 1.16 bits per heavy atom. The van der Waals surface area contributed by atoms with E-state index in [1.165, 1.54) is 17.2 Å². The lowest BCUT2D eigenvalue weighted by atomic mass is 10.1. The van der Waals surface area contributed by atoms with Crippen LogP contribution in [0.15, 0.2) is 48.5 Å². The van der Waals surface area contributed by atoms with Crippen LogP contribution < -0.4 is 5.73 Å². The third-order valence-corrected chi connectivity index (χ3v) is 4.48. The molecule has 1 nitrogen and oxygen atoms in total. The van der Waals surface area contributed by atoms with Gasteiger partial charge in [0.1, 0.15) is 5.82 Å². The first-order valence-electron chi connectivity index (χ1n) is 6.32. The summed E-state index contributed by atoms with van der Waals surface area (Å²) < 4.78 is 13.2. The van der Waals surface area contributed by atoms with Crippen LogP contribution in [0.4, 0.5) is 4.39 Å². The van der Waals surface area contributed by atoms with Crippen molar-refractivity contribution in [2.75, 3.05) is 6.54 Å². The number of halogens is 1. The highest BCUT2D eigenvalue weighted by molar-refractivity contribution is 7.98. The monoisotopic (exact) mass is 275 g/mol. The van der Waals surface area contributed by atoms with Gasteiger partial charge >= 0.3 is 0 Å². The zero-order valence-electron chi connectivity index (χ0n) is 11.0. The molecule has 0 aliphatic carbocycles. The van der Waals surface area contributed by atoms with Crippen LogP contribution in [0.25, 0.3) is 0 Å². The van der Waals surface area contributed by atoms with Crippen molar-refractivity contribution in [3.63, 3.8) is 0 Å². The third-order valence-electron chi connectivity index (χ3n) is 3.14. The number of thioether (sulfide) groups is 1. The molecule has 3 heteroatoms. The van der Waals surface area contributed by atoms with Crippen LogP contribution >= 0.6 is 11.8 Å². The van der Waals surface area contributed by atoms with Gasteiger partial charge in [0.15, 0.2) is 0 Å². The average molecular weight is 275 g/mol. The van der Waals surface area contributed by atoms with Gasteiger partial charge in [-0.05, 0) is 35.7 Å². The summed E-state index contributed by atoms with van der Waals surface area (Å²) in [5.41, 5.74) is 9.36. The summed E-state index contributed by atoms with van der Waals surface area (Å²) in [7, 11) is 0. The van der Waals surface area contributed by atoms with Crippen molar-refractivity contribution in [3.05, 3.63) is 71.0 Å². The SMILES string of the molecule is Cc1ccccc1CSC(CN)c1cccc(F)c1. The number of aryl methyl sites for hydroxylation is 1. The Morgan fingerprint density at radius 2 is 1.95 bits per heavy atom. The van der Waals surface area contributed by atoms with Crippen molar-refractivity contribution in [2.45, 2.75) is 17.9 Å². The molecule has 0 amide bonds. The standard InChI is InChI=1S/C16H18FNS/c1-12-5-2-3-6-14(12)11-19-16(10-18)13-7-4-8-15(17)9-13/h2-9,16H,10-11,18H2,1H3. The Labute approximate surface area is 118 Å². The fourth-order valence-electron chi connectivity index (χ4n) is 1.97. The normalized spacial score (nSPS) is 12.4. The number of hydrogen-bond acceptors (Lipinski definition) is 2. The zero-order valence-corrected chi connectivity index (χ0v) is 11.8. The molecule has 0 saturated heterocycles. The molecule has 0 aromatic heterocycles. The maximum absolute atomic E-state index is 13.2. The van der Waals surface area contributed by atoms with Crippen LogP contribution in [-0.2, 0) is 5.75 Å². The molecule has 100 valence electrons. The largest absolute Gasteiger partial charge is 0.329 e. The van der Waals surface area contributed by atoms with E-state index >= 15 is 0 Å². The molecule has 0 aliphatic heterocycles. The molecule has 0 fully saturated rings. The Morgan fingerprint density at radius 3 is 2.63 bits per heavy atom. The number of nitrogens with two attached hydrogens (primary N) is 1. The van der Waals surface area contributed by atoms with Gasteiger partial charge < -0.3 is 5.73 Å². The Balaban J connectivity index is 2.06. The highest BCUT2D eigenvalue weighted by atomic mass is 32.2. The quantitative estimate of drug-likeness (QED) is 0.890. The van der Waals surface area contributed by atoms with Crippen molar-refractivity contribution >= 4 is 11.8 Å². The smallest absolute Gasteiger partial charge is 0.123 e. The molecular formula is C16H18FNS. The Kier molecular flexibility index (Phi) is 5.00. The van der Waals surface area contributed by atoms with Crippen molar-refractivity contribution < 1.29 is 4.39 Å². The van der Waals surface area contributed by atoms with Gasteiger partial charge in [-0.1, -0.05) is 36.4 Å². The second-order valence-corrected chi connectivity index (χ2v) is 5.71. The summed E-state index contributed by atoms with van der Waals surface area (Å²) in [5, 5.41) is 0.135. The van der Waals surface area contributed by atoms with Gasteiger partial charge in [-0.3, -0.25) is 0 Å². The minimum Gasteiger partial charge on any atom is -0.329 e. The van der Waals surface area contributed by atoms with E-state index in [1.807, 2.05) is 18.2 Å². The van der Waals surface area contributed by atoms with E-state index in [1.54, 1.807) is 23.9 Å². The van der Waals surface area contributed by atoms with E-state index in [9.17, 15) is 4.39 Å². The third kappa shape index (κ3) is 3.82. The van der Waals surface area contributed by atoms with Gasteiger partial charge in [-0.15, -0.1) is 11.8 Å². The fourth-order valence-corrected chi connectivity index (χ4v) is 3.15. The summed E-state index contributed by atoms with van der Waals surface area (Å²) in [6.07, 6.45) is 0. The van der Waals surface area contributed by atoms with Gasteiger partial charge in [0.25, 0.3) is 0 Å². The van der Waals surface area contributed by atoms with E-state index in [-0.39, 0.29) is 11.1 Å². The highest BCUT2D eigenvalue weighted by Crippen LogP contribution is 2.31. The lowest BCUT2D eigenvalue weighted by Crippen LogP contribution is -2.10. The molecule has 1 atom stereocenters. The molecule has 2 rings (SSSR count). The minimum atomic E-state index is -0.201. The molecule has 0 bridgehead atoms. The fraction of sp³-hybridized carbons (Fsp3) is 0.250. The van der Waals surface area contributed by atoms with Crippen LogP contribution in [0.2, 0.25) is 0 Å². The molecule has 1 unspecified atom stereocenters. The lowest BCUT2D eigenvalue weighted by molar-refractivity contribution is 0.625. The van der Waals surface area contributed by atoms with Gasteiger partial charge in [-0.25, -0.2) is 4.39 Å². The average Bonchev–Trinajstić information content (AvgIpc) is 2.41. The van der Waals surface area contributed by atoms with E-state index in [4.69, 9.17) is 5.73 Å². The van der Waals surface area contributed by atoms with E-state index in [0.717, 1.165) is 11.3 Å². The minimum absolute atomic E-state index is 0.135. The Hall–Kier alpha value is -1.32. The molecule has 2 aromatic rings. The topological polar surface area (TPSA) is 26.0 Å². The first-order chi connectivity index (χ1) is 9.20. The van der Waals surface area contributed by atoms with Crippen molar-refractivity contribution in [2.24, 2.45) is 5.73 Å². The van der Waals surface area contributed by atoms with Gasteiger partial charge in [-0.2, -0.15) is 0 Å². The van der Waals surface area contributed by atoms with Gasteiger partial charge in [0.2, 0.25) is 0 Å². The van der Waals surface area contributed by atoms with Crippen LogP contribution in [0.3, 0.4) is 0 Å². The first kappa shape index (κ1) is 14.1. The molecule has 19 heavy (non-hydrogen) atoms. The van der Waals surface area contributed by atoms with E-state index < -0.39 is 0 Å². The summed E-state index contributed by atoms with van der Waals surface area (Å²) in [5.74, 6) is 0.692. The molecule has 2 aromatic carbocycles. The van der Waals surface area contributed by atoms with Crippen LogP contribution in [0.5, 0.6) is 0 Å². The molecule has 0 aliphatic rings. The maximum atomic E-state index is 13.2. The first-order valence-corrected chi connectivity index (χ1v) is 7.37. The molecule has 0 spiro atoms. The predicted octanol–water partition coefficient (Wildman–Crippen LogP) is 4.07. The van der Waals surface area contributed by atoms with Crippen molar-refractivity contribution in [1.29, 1.82) is 0 Å². The molecule has 2 N–H and O–H groups in total. The van der Waals surface area contributed by atoms with Crippen molar-refractivity contribution in [3.8, 4) is 0 Å². The number of benzene rings is 2. The summed E-state index contributed by atoms with van der Waals surface area (Å²) >= 11 is 1.76. The molecule has 0 saturated carbocycles. The Bertz CT molecular complexity index is 542. The van der Waals surface area contributed by atoms with Crippen LogP contribution in [0, 0.1) is 12.7 Å². The van der Waals surface area contributed by atoms with Gasteiger partial charge in [0, 0.05) is 17.5 Å². The molecule has 0 radical (unpaired) electrons. The molecular weight excluding hydrogens is 257 g/mol. The van der Waals surface area contributed by atoms with Crippen LogP contribution in [-0.4, -0.2) is 6.54 Å². The number of hydrogen-bond donors (Lipinski definition) is 1. The second-order valence-electron chi connectivity index (χ2n) is 4.52. The lowest BCUT2D eigenvalue weighted by Gasteiger charge is -2.15. The van der Waals surface area contributed by atoms with Crippen LogP contribution in [0.1, 0.15) is 21.9 Å².